The van der Waals surface area contributed by atoms with E-state index in [2.05, 4.69) is 17.0 Å². The third-order valence-corrected chi connectivity index (χ3v) is 6.78. The summed E-state index contributed by atoms with van der Waals surface area (Å²) >= 11 is 0. The Hall–Kier alpha value is -3.94. The van der Waals surface area contributed by atoms with Gasteiger partial charge in [-0.3, -0.25) is 24.5 Å². The van der Waals surface area contributed by atoms with Crippen LogP contribution in [0.25, 0.3) is 27.5 Å². The second-order valence-corrected chi connectivity index (χ2v) is 8.87. The highest BCUT2D eigenvalue weighted by Gasteiger charge is 2.29. The molecule has 5 rings (SSSR count). The molecular weight excluding hydrogens is 444 g/mol. The molecule has 0 atom stereocenters. The number of aromatic amines is 1. The number of benzene rings is 2. The van der Waals surface area contributed by atoms with Crippen molar-refractivity contribution >= 4 is 33.7 Å². The molecular formula is C27H28N4O4. The molecule has 0 spiro atoms. The maximum atomic E-state index is 13.2. The number of hydrogen-bond donors (Lipinski definition) is 1. The van der Waals surface area contributed by atoms with Crippen molar-refractivity contribution in [3.63, 3.8) is 0 Å². The van der Waals surface area contributed by atoms with Gasteiger partial charge in [0.15, 0.2) is 0 Å². The lowest BCUT2D eigenvalue weighted by molar-refractivity contribution is -0.149. The smallest absolute Gasteiger partial charge is 0.309 e. The van der Waals surface area contributed by atoms with Gasteiger partial charge < -0.3 is 9.64 Å². The van der Waals surface area contributed by atoms with Gasteiger partial charge in [-0.2, -0.15) is 0 Å². The maximum absolute atomic E-state index is 13.2. The molecule has 4 aromatic rings. The van der Waals surface area contributed by atoms with Gasteiger partial charge in [-0.25, -0.2) is 4.68 Å². The fourth-order valence-electron chi connectivity index (χ4n) is 4.71. The van der Waals surface area contributed by atoms with Crippen LogP contribution < -0.4 is 5.56 Å². The third kappa shape index (κ3) is 4.20. The monoisotopic (exact) mass is 472 g/mol. The molecule has 2 aromatic heterocycles. The minimum absolute atomic E-state index is 0.0943. The molecule has 1 aliphatic rings. The van der Waals surface area contributed by atoms with Crippen LogP contribution in [0.15, 0.2) is 53.5 Å². The molecule has 2 aromatic carbocycles. The van der Waals surface area contributed by atoms with Crippen molar-refractivity contribution in [3.8, 4) is 5.69 Å². The van der Waals surface area contributed by atoms with Gasteiger partial charge in [0.1, 0.15) is 0 Å². The van der Waals surface area contributed by atoms with Crippen LogP contribution in [0.1, 0.15) is 42.6 Å². The predicted molar refractivity (Wildman–Crippen MR) is 134 cm³/mol. The van der Waals surface area contributed by atoms with Crippen molar-refractivity contribution in [3.05, 3.63) is 70.1 Å². The predicted octanol–water partition coefficient (Wildman–Crippen LogP) is 3.84. The zero-order valence-electron chi connectivity index (χ0n) is 19.9. The lowest BCUT2D eigenvalue weighted by Gasteiger charge is -2.31. The molecule has 0 unspecified atom stereocenters. The van der Waals surface area contributed by atoms with Crippen molar-refractivity contribution in [2.75, 3.05) is 19.7 Å². The van der Waals surface area contributed by atoms with Crippen molar-refractivity contribution < 1.29 is 14.3 Å². The number of nitrogens with one attached hydrogen (secondary N) is 1. The molecule has 0 radical (unpaired) electrons. The molecule has 8 nitrogen and oxygen atoms in total. The van der Waals surface area contributed by atoms with E-state index in [0.717, 1.165) is 17.5 Å². The van der Waals surface area contributed by atoms with Crippen LogP contribution in [-0.4, -0.2) is 51.2 Å². The Morgan fingerprint density at radius 2 is 1.80 bits per heavy atom. The number of hydrogen-bond acceptors (Lipinski definition) is 5. The summed E-state index contributed by atoms with van der Waals surface area (Å²) in [6.45, 7) is 5.26. The normalized spacial score (nSPS) is 14.5. The number of aromatic nitrogens is 3. The van der Waals surface area contributed by atoms with Gasteiger partial charge in [0.25, 0.3) is 11.5 Å². The summed E-state index contributed by atoms with van der Waals surface area (Å²) in [7, 11) is 0. The first-order valence-corrected chi connectivity index (χ1v) is 12.1. The van der Waals surface area contributed by atoms with E-state index < -0.39 is 0 Å². The number of piperidine rings is 1. The molecule has 3 heterocycles. The number of ether oxygens (including phenoxy) is 1. The van der Waals surface area contributed by atoms with Gasteiger partial charge in [-0.05, 0) is 62.1 Å². The van der Waals surface area contributed by atoms with E-state index in [4.69, 9.17) is 4.74 Å². The number of amides is 1. The van der Waals surface area contributed by atoms with Gasteiger partial charge in [0.2, 0.25) is 0 Å². The topological polar surface area (TPSA) is 97.3 Å². The summed E-state index contributed by atoms with van der Waals surface area (Å²) in [6.07, 6.45) is 3.69. The van der Waals surface area contributed by atoms with E-state index in [0.29, 0.717) is 54.5 Å². The largest absolute Gasteiger partial charge is 0.466 e. The van der Waals surface area contributed by atoms with E-state index in [9.17, 15) is 14.4 Å². The van der Waals surface area contributed by atoms with Crippen molar-refractivity contribution in [2.45, 2.75) is 33.1 Å². The maximum Gasteiger partial charge on any atom is 0.309 e. The quantitative estimate of drug-likeness (QED) is 0.445. The molecule has 35 heavy (non-hydrogen) atoms. The van der Waals surface area contributed by atoms with Crippen LogP contribution in [-0.2, 0) is 16.0 Å². The Bertz CT molecular complexity index is 1460. The van der Waals surface area contributed by atoms with E-state index in [1.54, 1.807) is 36.2 Å². The van der Waals surface area contributed by atoms with Gasteiger partial charge in [-0.15, -0.1) is 0 Å². The zero-order valence-corrected chi connectivity index (χ0v) is 19.9. The summed E-state index contributed by atoms with van der Waals surface area (Å²) in [6, 6.07) is 13.2. The molecule has 0 bridgehead atoms. The first-order chi connectivity index (χ1) is 17.0. The number of fused-ring (bicyclic) bond motifs is 3. The number of esters is 1. The number of aryl methyl sites for hydroxylation is 1. The fraction of sp³-hybridized carbons (Fsp3) is 0.333. The number of carbonyl (C=O) groups is 2. The molecule has 0 saturated carbocycles. The average Bonchev–Trinajstić information content (AvgIpc) is 3.25. The summed E-state index contributed by atoms with van der Waals surface area (Å²) in [5.41, 5.74) is 3.63. The second-order valence-electron chi connectivity index (χ2n) is 8.87. The molecule has 180 valence electrons. The molecule has 8 heteroatoms. The molecule has 1 fully saturated rings. The Kier molecular flexibility index (Phi) is 6.11. The highest BCUT2D eigenvalue weighted by molar-refractivity contribution is 6.06. The molecule has 1 saturated heterocycles. The van der Waals surface area contributed by atoms with Gasteiger partial charge in [0, 0.05) is 30.2 Å². The number of pyridine rings is 1. The lowest BCUT2D eigenvalue weighted by atomic mass is 9.96. The van der Waals surface area contributed by atoms with Crippen LogP contribution >= 0.6 is 0 Å². The zero-order chi connectivity index (χ0) is 24.5. The average molecular weight is 473 g/mol. The van der Waals surface area contributed by atoms with Gasteiger partial charge >= 0.3 is 5.97 Å². The Morgan fingerprint density at radius 3 is 2.49 bits per heavy atom. The van der Waals surface area contributed by atoms with E-state index in [1.807, 2.05) is 24.3 Å². The van der Waals surface area contributed by atoms with Gasteiger partial charge in [0.05, 0.1) is 34.6 Å². The summed E-state index contributed by atoms with van der Waals surface area (Å²) in [5.74, 6) is -0.435. The number of H-pyrrole nitrogens is 1. The summed E-state index contributed by atoms with van der Waals surface area (Å²) < 4.78 is 6.64. The van der Waals surface area contributed by atoms with Crippen molar-refractivity contribution in [1.82, 2.24) is 19.7 Å². The standard InChI is InChI=1S/C27H28N4O4/c1-3-17-5-8-20(9-6-17)31-26(33)22-16-28-23-10-7-19(15-21(23)24(22)29-31)25(32)30-13-11-18(12-14-30)27(34)35-4-2/h5-10,15-16,18,29H,3-4,11-14H2,1-2H3. The van der Waals surface area contributed by atoms with Crippen LogP contribution in [0.4, 0.5) is 0 Å². The number of rotatable bonds is 5. The first-order valence-electron chi connectivity index (χ1n) is 12.1. The minimum atomic E-state index is -0.184. The van der Waals surface area contributed by atoms with E-state index >= 15 is 0 Å². The van der Waals surface area contributed by atoms with E-state index in [1.165, 1.54) is 10.2 Å². The van der Waals surface area contributed by atoms with E-state index in [-0.39, 0.29) is 23.4 Å². The SMILES string of the molecule is CCOC(=O)C1CCN(C(=O)c2ccc3ncc4c(=O)n(-c5ccc(CC)cc5)[nH]c4c3c2)CC1. The molecule has 1 amide bonds. The minimum Gasteiger partial charge on any atom is -0.466 e. The Morgan fingerprint density at radius 1 is 1.06 bits per heavy atom. The highest BCUT2D eigenvalue weighted by atomic mass is 16.5. The summed E-state index contributed by atoms with van der Waals surface area (Å²) in [4.78, 5) is 44.6. The van der Waals surface area contributed by atoms with Crippen LogP contribution in [0, 0.1) is 5.92 Å². The fourth-order valence-corrected chi connectivity index (χ4v) is 4.71. The molecule has 0 aliphatic carbocycles. The van der Waals surface area contributed by atoms with Crippen LogP contribution in [0.5, 0.6) is 0 Å². The van der Waals surface area contributed by atoms with Crippen molar-refractivity contribution in [1.29, 1.82) is 0 Å². The Balaban J connectivity index is 1.46. The van der Waals surface area contributed by atoms with Crippen molar-refractivity contribution in [2.24, 2.45) is 5.92 Å². The second kappa shape index (κ2) is 9.37. The number of nitrogens with zero attached hydrogens (tertiary/aromatic N) is 3. The number of carbonyl (C=O) groups excluding carboxylic acids is 2. The first kappa shape index (κ1) is 22.8. The molecule has 1 aliphatic heterocycles. The summed E-state index contributed by atoms with van der Waals surface area (Å²) in [5, 5.41) is 4.41. The highest BCUT2D eigenvalue weighted by Crippen LogP contribution is 2.25. The van der Waals surface area contributed by atoms with Crippen LogP contribution in [0.3, 0.4) is 0 Å². The Labute approximate surface area is 202 Å². The van der Waals surface area contributed by atoms with Crippen LogP contribution in [0.2, 0.25) is 0 Å². The van der Waals surface area contributed by atoms with Gasteiger partial charge in [-0.1, -0.05) is 19.1 Å². The number of likely N-dealkylation sites (tertiary alicyclic amines) is 1. The third-order valence-electron chi connectivity index (χ3n) is 6.78. The lowest BCUT2D eigenvalue weighted by Crippen LogP contribution is -2.40. The molecule has 1 N–H and O–H groups in total.